The number of nitrogens with zero attached hydrogens (tertiary/aromatic N) is 1. The number of benzene rings is 1. The fourth-order valence-electron chi connectivity index (χ4n) is 1.63. The summed E-state index contributed by atoms with van der Waals surface area (Å²) in [6.07, 6.45) is 0.370. The van der Waals surface area contributed by atoms with Crippen LogP contribution in [-0.2, 0) is 0 Å². The summed E-state index contributed by atoms with van der Waals surface area (Å²) in [5, 5.41) is 12.2. The second-order valence-electron chi connectivity index (χ2n) is 3.67. The zero-order valence-corrected chi connectivity index (χ0v) is 9.51. The largest absolute Gasteiger partial charge is 0.489 e. The Morgan fingerprint density at radius 3 is 3.00 bits per heavy atom. The van der Waals surface area contributed by atoms with Crippen LogP contribution in [0.3, 0.4) is 0 Å². The first-order valence-electron chi connectivity index (χ1n) is 5.29. The number of nitrogens with two attached hydrogens (primary N) is 1. The first-order valence-corrected chi connectivity index (χ1v) is 5.29. The highest BCUT2D eigenvalue weighted by atomic mass is 16.5. The van der Waals surface area contributed by atoms with Gasteiger partial charge in [0.2, 0.25) is 0 Å². The molecular weight excluding hydrogens is 220 g/mol. The van der Waals surface area contributed by atoms with Gasteiger partial charge in [0.25, 0.3) is 0 Å². The van der Waals surface area contributed by atoms with Gasteiger partial charge in [-0.05, 0) is 19.1 Å². The van der Waals surface area contributed by atoms with E-state index in [2.05, 4.69) is 5.16 Å². The van der Waals surface area contributed by atoms with E-state index in [9.17, 15) is 0 Å². The van der Waals surface area contributed by atoms with E-state index >= 15 is 0 Å². The van der Waals surface area contributed by atoms with E-state index in [1.54, 1.807) is 0 Å². The van der Waals surface area contributed by atoms with Gasteiger partial charge in [-0.15, -0.1) is 0 Å². The number of furan rings is 1. The highest BCUT2D eigenvalue weighted by molar-refractivity contribution is 5.85. The highest BCUT2D eigenvalue weighted by Gasteiger charge is 2.11. The van der Waals surface area contributed by atoms with Crippen molar-refractivity contribution in [3.63, 3.8) is 0 Å². The molecule has 0 unspecified atom stereocenters. The van der Waals surface area contributed by atoms with Crippen LogP contribution in [0.5, 0.6) is 5.75 Å². The van der Waals surface area contributed by atoms with Gasteiger partial charge in [0.05, 0.1) is 12.0 Å². The summed E-state index contributed by atoms with van der Waals surface area (Å²) in [5.74, 6) is 1.59. The van der Waals surface area contributed by atoms with Crippen LogP contribution in [0.25, 0.3) is 11.0 Å². The van der Waals surface area contributed by atoms with Crippen molar-refractivity contribution >= 4 is 16.8 Å². The van der Waals surface area contributed by atoms with Crippen molar-refractivity contribution < 1.29 is 14.4 Å². The number of hydrogen-bond acceptors (Lipinski definition) is 4. The van der Waals surface area contributed by atoms with Crippen molar-refractivity contribution in [2.45, 2.75) is 13.3 Å². The summed E-state index contributed by atoms with van der Waals surface area (Å²) in [6.45, 7) is 2.19. The second kappa shape index (κ2) is 4.78. The number of hydrogen-bond donors (Lipinski definition) is 2. The molecule has 0 aliphatic carbocycles. The molecule has 0 aliphatic heterocycles. The van der Waals surface area contributed by atoms with Gasteiger partial charge in [-0.1, -0.05) is 17.3 Å². The molecular formula is C12H14N2O3. The van der Waals surface area contributed by atoms with Gasteiger partial charge in [0.15, 0.2) is 5.75 Å². The molecule has 0 amide bonds. The van der Waals surface area contributed by atoms with Gasteiger partial charge in [-0.2, -0.15) is 0 Å². The topological polar surface area (TPSA) is 81.0 Å². The van der Waals surface area contributed by atoms with Crippen LogP contribution >= 0.6 is 0 Å². The molecule has 5 nitrogen and oxygen atoms in total. The zero-order valence-electron chi connectivity index (χ0n) is 9.51. The molecule has 3 N–H and O–H groups in total. The predicted molar refractivity (Wildman–Crippen MR) is 64.5 cm³/mol. The molecule has 2 aromatic rings. The molecule has 1 aromatic carbocycles. The lowest BCUT2D eigenvalue weighted by molar-refractivity contribution is 0.304. The Labute approximate surface area is 98.5 Å². The monoisotopic (exact) mass is 234 g/mol. The standard InChI is InChI=1S/C12H14N2O3/c1-8-12(16-7-6-11(13)14-15)9-4-2-3-5-10(9)17-8/h2-5,15H,6-7H2,1H3,(H2,13,14). The zero-order chi connectivity index (χ0) is 12.3. The van der Waals surface area contributed by atoms with Crippen molar-refractivity contribution in [2.24, 2.45) is 10.9 Å². The quantitative estimate of drug-likeness (QED) is 0.368. The molecule has 90 valence electrons. The highest BCUT2D eigenvalue weighted by Crippen LogP contribution is 2.32. The molecule has 0 saturated carbocycles. The van der Waals surface area contributed by atoms with Crippen LogP contribution in [0.2, 0.25) is 0 Å². The summed E-state index contributed by atoms with van der Waals surface area (Å²) >= 11 is 0. The van der Waals surface area contributed by atoms with E-state index in [0.717, 1.165) is 16.7 Å². The lowest BCUT2D eigenvalue weighted by atomic mass is 10.2. The van der Waals surface area contributed by atoms with Gasteiger partial charge >= 0.3 is 0 Å². The minimum Gasteiger partial charge on any atom is -0.489 e. The maximum atomic E-state index is 8.41. The van der Waals surface area contributed by atoms with Crippen LogP contribution in [-0.4, -0.2) is 17.6 Å². The number of ether oxygens (including phenoxy) is 1. The minimum atomic E-state index is 0.149. The van der Waals surface area contributed by atoms with E-state index in [4.69, 9.17) is 20.1 Å². The molecule has 5 heteroatoms. The molecule has 0 bridgehead atoms. The van der Waals surface area contributed by atoms with Gasteiger partial charge in [-0.3, -0.25) is 0 Å². The molecule has 0 radical (unpaired) electrons. The normalized spacial score (nSPS) is 11.9. The maximum absolute atomic E-state index is 8.41. The van der Waals surface area contributed by atoms with Crippen molar-refractivity contribution in [3.8, 4) is 5.75 Å². The summed E-state index contributed by atoms with van der Waals surface area (Å²) in [7, 11) is 0. The minimum absolute atomic E-state index is 0.149. The van der Waals surface area contributed by atoms with E-state index in [-0.39, 0.29) is 5.84 Å². The number of rotatable bonds is 4. The number of para-hydroxylation sites is 1. The Hall–Kier alpha value is -2.17. The van der Waals surface area contributed by atoms with Gasteiger partial charge in [0.1, 0.15) is 17.2 Å². The fourth-order valence-corrected chi connectivity index (χ4v) is 1.63. The number of amidine groups is 1. The average Bonchev–Trinajstić information content (AvgIpc) is 2.66. The summed E-state index contributed by atoms with van der Waals surface area (Å²) in [4.78, 5) is 0. The molecule has 0 saturated heterocycles. The summed E-state index contributed by atoms with van der Waals surface area (Å²) in [5.41, 5.74) is 6.15. The first kappa shape index (κ1) is 11.3. The Morgan fingerprint density at radius 1 is 1.47 bits per heavy atom. The Bertz CT molecular complexity index is 546. The number of fused-ring (bicyclic) bond motifs is 1. The third kappa shape index (κ3) is 2.33. The fraction of sp³-hybridized carbons (Fsp3) is 0.250. The van der Waals surface area contributed by atoms with Crippen molar-refractivity contribution in [2.75, 3.05) is 6.61 Å². The molecule has 17 heavy (non-hydrogen) atoms. The molecule has 0 atom stereocenters. The van der Waals surface area contributed by atoms with Crippen LogP contribution in [0, 0.1) is 6.92 Å². The second-order valence-corrected chi connectivity index (χ2v) is 3.67. The van der Waals surface area contributed by atoms with Gasteiger partial charge in [-0.25, -0.2) is 0 Å². The smallest absolute Gasteiger partial charge is 0.168 e. The number of oxime groups is 1. The van der Waals surface area contributed by atoms with Gasteiger partial charge in [0, 0.05) is 6.42 Å². The molecule has 2 rings (SSSR count). The molecule has 0 fully saturated rings. The summed E-state index contributed by atoms with van der Waals surface area (Å²) < 4.78 is 11.1. The third-order valence-electron chi connectivity index (χ3n) is 2.45. The molecule has 0 spiro atoms. The summed E-state index contributed by atoms with van der Waals surface area (Å²) in [6, 6.07) is 7.66. The third-order valence-corrected chi connectivity index (χ3v) is 2.45. The number of aryl methyl sites for hydroxylation is 1. The SMILES string of the molecule is Cc1oc2ccccc2c1OCC/C(N)=N/O. The van der Waals surface area contributed by atoms with Crippen LogP contribution in [0.1, 0.15) is 12.2 Å². The Balaban J connectivity index is 2.15. The average molecular weight is 234 g/mol. The van der Waals surface area contributed by atoms with Crippen molar-refractivity contribution in [3.05, 3.63) is 30.0 Å². The first-order chi connectivity index (χ1) is 8.22. The van der Waals surface area contributed by atoms with Crippen LogP contribution in [0.15, 0.2) is 33.8 Å². The lowest BCUT2D eigenvalue weighted by Crippen LogP contribution is -2.15. The van der Waals surface area contributed by atoms with Gasteiger partial charge < -0.3 is 20.1 Å². The molecule has 1 heterocycles. The van der Waals surface area contributed by atoms with E-state index in [0.29, 0.717) is 18.8 Å². The predicted octanol–water partition coefficient (Wildman–Crippen LogP) is 2.26. The van der Waals surface area contributed by atoms with E-state index in [1.807, 2.05) is 31.2 Å². The maximum Gasteiger partial charge on any atom is 0.168 e. The van der Waals surface area contributed by atoms with Crippen LogP contribution < -0.4 is 10.5 Å². The van der Waals surface area contributed by atoms with E-state index < -0.39 is 0 Å². The Kier molecular flexibility index (Phi) is 3.18. The van der Waals surface area contributed by atoms with Crippen molar-refractivity contribution in [1.82, 2.24) is 0 Å². The lowest BCUT2D eigenvalue weighted by Gasteiger charge is -2.04. The molecule has 0 aliphatic rings. The van der Waals surface area contributed by atoms with Crippen molar-refractivity contribution in [1.29, 1.82) is 0 Å². The molecule has 1 aromatic heterocycles. The Morgan fingerprint density at radius 2 is 2.24 bits per heavy atom. The van der Waals surface area contributed by atoms with Crippen LogP contribution in [0.4, 0.5) is 0 Å². The van der Waals surface area contributed by atoms with E-state index in [1.165, 1.54) is 0 Å².